The van der Waals surface area contributed by atoms with Crippen LogP contribution < -0.4 is 5.32 Å². The molecule has 2 heterocycles. The fourth-order valence-corrected chi connectivity index (χ4v) is 4.06. The van der Waals surface area contributed by atoms with Gasteiger partial charge in [-0.2, -0.15) is 0 Å². The van der Waals surface area contributed by atoms with Crippen molar-refractivity contribution in [2.75, 3.05) is 39.4 Å². The SMILES string of the molecule is O=C(NCC1(CC2CC2)CC1)[C@@H]1CC[C@H](CN2CCOCC2)O1. The summed E-state index contributed by atoms with van der Waals surface area (Å²) in [6.07, 6.45) is 8.61. The summed E-state index contributed by atoms with van der Waals surface area (Å²) in [7, 11) is 0. The average Bonchev–Trinajstić information content (AvgIpc) is 3.49. The van der Waals surface area contributed by atoms with Crippen molar-refractivity contribution in [3.8, 4) is 0 Å². The molecule has 0 spiro atoms. The van der Waals surface area contributed by atoms with Crippen LogP contribution in [0.1, 0.15) is 44.9 Å². The van der Waals surface area contributed by atoms with Gasteiger partial charge >= 0.3 is 0 Å². The number of nitrogens with zero attached hydrogens (tertiary/aromatic N) is 1. The minimum absolute atomic E-state index is 0.122. The van der Waals surface area contributed by atoms with Gasteiger partial charge in [0.2, 0.25) is 5.91 Å². The minimum atomic E-state index is -0.224. The summed E-state index contributed by atoms with van der Waals surface area (Å²) in [6.45, 7) is 5.43. The molecule has 4 fully saturated rings. The van der Waals surface area contributed by atoms with Crippen molar-refractivity contribution in [2.45, 2.75) is 57.2 Å². The van der Waals surface area contributed by atoms with Crippen LogP contribution in [0.5, 0.6) is 0 Å². The molecule has 5 nitrogen and oxygen atoms in total. The molecule has 2 saturated heterocycles. The van der Waals surface area contributed by atoms with E-state index < -0.39 is 0 Å². The van der Waals surface area contributed by atoms with Crippen molar-refractivity contribution in [1.82, 2.24) is 10.2 Å². The largest absolute Gasteiger partial charge is 0.379 e. The monoisotopic (exact) mass is 322 g/mol. The Morgan fingerprint density at radius 1 is 1.13 bits per heavy atom. The third-order valence-corrected chi connectivity index (χ3v) is 5.98. The normalized spacial score (nSPS) is 33.6. The molecular formula is C18H30N2O3. The second-order valence-corrected chi connectivity index (χ2v) is 8.10. The Bertz CT molecular complexity index is 428. The summed E-state index contributed by atoms with van der Waals surface area (Å²) < 4.78 is 11.4. The molecule has 0 unspecified atom stereocenters. The summed E-state index contributed by atoms with van der Waals surface area (Å²) >= 11 is 0. The van der Waals surface area contributed by atoms with Crippen LogP contribution in [0.4, 0.5) is 0 Å². The maximum atomic E-state index is 12.4. The van der Waals surface area contributed by atoms with Crippen molar-refractivity contribution in [1.29, 1.82) is 0 Å². The third-order valence-electron chi connectivity index (χ3n) is 5.98. The zero-order valence-electron chi connectivity index (χ0n) is 14.1. The first kappa shape index (κ1) is 15.9. The van der Waals surface area contributed by atoms with Gasteiger partial charge in [-0.25, -0.2) is 0 Å². The van der Waals surface area contributed by atoms with Gasteiger partial charge in [-0.3, -0.25) is 9.69 Å². The van der Waals surface area contributed by atoms with E-state index in [0.717, 1.165) is 58.2 Å². The van der Waals surface area contributed by atoms with E-state index in [-0.39, 0.29) is 18.1 Å². The van der Waals surface area contributed by atoms with Gasteiger partial charge in [0.1, 0.15) is 6.10 Å². The fourth-order valence-electron chi connectivity index (χ4n) is 4.06. The topological polar surface area (TPSA) is 50.8 Å². The summed E-state index contributed by atoms with van der Waals surface area (Å²) in [4.78, 5) is 14.8. The number of amides is 1. The molecule has 2 aliphatic carbocycles. The van der Waals surface area contributed by atoms with E-state index in [1.165, 1.54) is 32.1 Å². The fraction of sp³-hybridized carbons (Fsp3) is 0.944. The number of hydrogen-bond donors (Lipinski definition) is 1. The summed E-state index contributed by atoms with van der Waals surface area (Å²) in [5.74, 6) is 1.08. The molecule has 4 rings (SSSR count). The first-order valence-corrected chi connectivity index (χ1v) is 9.46. The maximum absolute atomic E-state index is 12.4. The molecular weight excluding hydrogens is 292 g/mol. The molecule has 0 bridgehead atoms. The number of morpholine rings is 1. The summed E-state index contributed by atoms with van der Waals surface area (Å²) in [5, 5.41) is 3.19. The van der Waals surface area contributed by atoms with Gasteiger partial charge in [0.05, 0.1) is 19.3 Å². The Morgan fingerprint density at radius 3 is 2.61 bits per heavy atom. The molecule has 1 amide bonds. The number of hydrogen-bond acceptors (Lipinski definition) is 4. The highest BCUT2D eigenvalue weighted by Gasteiger charge is 2.46. The Hall–Kier alpha value is -0.650. The van der Waals surface area contributed by atoms with Gasteiger partial charge in [0.15, 0.2) is 0 Å². The van der Waals surface area contributed by atoms with E-state index in [2.05, 4.69) is 10.2 Å². The van der Waals surface area contributed by atoms with E-state index in [1.54, 1.807) is 0 Å². The second-order valence-electron chi connectivity index (χ2n) is 8.10. The third kappa shape index (κ3) is 4.25. The van der Waals surface area contributed by atoms with E-state index in [0.29, 0.717) is 5.41 Å². The molecule has 0 aromatic carbocycles. The molecule has 130 valence electrons. The number of ether oxygens (including phenoxy) is 2. The van der Waals surface area contributed by atoms with Crippen LogP contribution in [0.2, 0.25) is 0 Å². The van der Waals surface area contributed by atoms with Crippen LogP contribution in [-0.2, 0) is 14.3 Å². The number of rotatable bonds is 7. The van der Waals surface area contributed by atoms with Gasteiger partial charge in [-0.15, -0.1) is 0 Å². The molecule has 2 atom stereocenters. The van der Waals surface area contributed by atoms with Crippen LogP contribution in [0.15, 0.2) is 0 Å². The van der Waals surface area contributed by atoms with Crippen molar-refractivity contribution in [3.05, 3.63) is 0 Å². The van der Waals surface area contributed by atoms with Crippen molar-refractivity contribution < 1.29 is 14.3 Å². The van der Waals surface area contributed by atoms with Gasteiger partial charge in [-0.1, -0.05) is 12.8 Å². The van der Waals surface area contributed by atoms with E-state index in [1.807, 2.05) is 0 Å². The first-order chi connectivity index (χ1) is 11.2. The number of nitrogens with one attached hydrogen (secondary N) is 1. The Morgan fingerprint density at radius 2 is 1.91 bits per heavy atom. The lowest BCUT2D eigenvalue weighted by Crippen LogP contribution is -2.42. The molecule has 2 saturated carbocycles. The lowest BCUT2D eigenvalue weighted by molar-refractivity contribution is -0.133. The predicted molar refractivity (Wildman–Crippen MR) is 87.2 cm³/mol. The Labute approximate surface area is 139 Å². The number of carbonyl (C=O) groups is 1. The maximum Gasteiger partial charge on any atom is 0.249 e. The molecule has 4 aliphatic rings. The highest BCUT2D eigenvalue weighted by molar-refractivity contribution is 5.81. The van der Waals surface area contributed by atoms with E-state index in [4.69, 9.17) is 9.47 Å². The smallest absolute Gasteiger partial charge is 0.249 e. The van der Waals surface area contributed by atoms with Crippen LogP contribution >= 0.6 is 0 Å². The van der Waals surface area contributed by atoms with E-state index in [9.17, 15) is 4.79 Å². The van der Waals surface area contributed by atoms with Crippen molar-refractivity contribution >= 4 is 5.91 Å². The van der Waals surface area contributed by atoms with Crippen LogP contribution in [0.25, 0.3) is 0 Å². The van der Waals surface area contributed by atoms with Gasteiger partial charge in [0, 0.05) is 26.2 Å². The average molecular weight is 322 g/mol. The lowest BCUT2D eigenvalue weighted by Gasteiger charge is -2.28. The molecule has 0 aromatic rings. The molecule has 23 heavy (non-hydrogen) atoms. The standard InChI is InChI=1S/C18H30N2O3/c21-17(19-13-18(5-6-18)11-14-1-2-14)16-4-3-15(23-16)12-20-7-9-22-10-8-20/h14-16H,1-13H2,(H,19,21)/t15-,16+/m1/s1. The summed E-state index contributed by atoms with van der Waals surface area (Å²) in [5.41, 5.74) is 0.447. The quantitative estimate of drug-likeness (QED) is 0.773. The minimum Gasteiger partial charge on any atom is -0.379 e. The predicted octanol–water partition coefficient (Wildman–Crippen LogP) is 1.56. The van der Waals surface area contributed by atoms with Gasteiger partial charge < -0.3 is 14.8 Å². The Kier molecular flexibility index (Phi) is 4.61. The van der Waals surface area contributed by atoms with Gasteiger partial charge in [0.25, 0.3) is 0 Å². The molecule has 2 aliphatic heterocycles. The van der Waals surface area contributed by atoms with Crippen molar-refractivity contribution in [3.63, 3.8) is 0 Å². The first-order valence-electron chi connectivity index (χ1n) is 9.46. The van der Waals surface area contributed by atoms with Crippen LogP contribution in [0.3, 0.4) is 0 Å². The lowest BCUT2D eigenvalue weighted by atomic mass is 9.99. The Balaban J connectivity index is 1.17. The highest BCUT2D eigenvalue weighted by atomic mass is 16.5. The van der Waals surface area contributed by atoms with Crippen molar-refractivity contribution in [2.24, 2.45) is 11.3 Å². The second kappa shape index (κ2) is 6.69. The highest BCUT2D eigenvalue weighted by Crippen LogP contribution is 2.54. The summed E-state index contributed by atoms with van der Waals surface area (Å²) in [6, 6.07) is 0. The van der Waals surface area contributed by atoms with E-state index >= 15 is 0 Å². The van der Waals surface area contributed by atoms with Crippen LogP contribution in [-0.4, -0.2) is 62.4 Å². The zero-order valence-corrected chi connectivity index (χ0v) is 14.1. The van der Waals surface area contributed by atoms with Gasteiger partial charge in [-0.05, 0) is 43.4 Å². The molecule has 1 N–H and O–H groups in total. The van der Waals surface area contributed by atoms with Crippen LogP contribution in [0, 0.1) is 11.3 Å². The molecule has 0 aromatic heterocycles. The zero-order chi connectivity index (χ0) is 15.7. The molecule has 0 radical (unpaired) electrons. The number of carbonyl (C=O) groups excluding carboxylic acids is 1. The molecule has 5 heteroatoms.